The lowest BCUT2D eigenvalue weighted by Gasteiger charge is -2.39. The molecule has 0 saturated carbocycles. The monoisotopic (exact) mass is 794 g/mol. The second-order valence-electron chi connectivity index (χ2n) is 18.7. The number of amides is 4. The van der Waals surface area contributed by atoms with Gasteiger partial charge in [0.15, 0.2) is 8.32 Å². The molecule has 0 unspecified atom stereocenters. The van der Waals surface area contributed by atoms with Gasteiger partial charge in [0.1, 0.15) is 34.8 Å². The summed E-state index contributed by atoms with van der Waals surface area (Å²) in [5.41, 5.74) is 0.278. The molecule has 14 heteroatoms. The molecule has 4 atom stereocenters. The van der Waals surface area contributed by atoms with Crippen molar-refractivity contribution in [2.45, 2.75) is 130 Å². The van der Waals surface area contributed by atoms with E-state index in [4.69, 9.17) is 9.16 Å². The van der Waals surface area contributed by atoms with Gasteiger partial charge in [-0.2, -0.15) is 0 Å². The Balaban J connectivity index is 1.68. The minimum atomic E-state index is -2.29. The summed E-state index contributed by atoms with van der Waals surface area (Å²) in [4.78, 5) is 65.2. The maximum absolute atomic E-state index is 14.9. The van der Waals surface area contributed by atoms with Gasteiger partial charge in [0, 0.05) is 39.1 Å². The molecule has 1 fully saturated rings. The van der Waals surface area contributed by atoms with Gasteiger partial charge in [0.25, 0.3) is 5.91 Å². The molecule has 4 rings (SSSR count). The van der Waals surface area contributed by atoms with Crippen molar-refractivity contribution in [3.63, 3.8) is 0 Å². The molecule has 1 saturated heterocycles. The number of fused-ring (bicyclic) bond motifs is 1. The van der Waals surface area contributed by atoms with Crippen molar-refractivity contribution in [2.75, 3.05) is 26.7 Å². The van der Waals surface area contributed by atoms with Gasteiger partial charge in [-0.05, 0) is 93.9 Å². The number of carbonyl (C=O) groups excluding carboxylic acids is 4. The SMILES string of the molecule is C[C@@H](C(=O)N[C@H](C(=O)N1C[C@H](O[Si](C)(C)C(C)(C)C)C[C@H]1CN(CCc1ccc(F)cc1)C(=O)c1cn2ccccc2n1)C(C)(C)C)N(C)C(=O)OC(C)(C)C. The average Bonchev–Trinajstić information content (AvgIpc) is 3.70. The summed E-state index contributed by atoms with van der Waals surface area (Å²) in [7, 11) is -0.796. The molecule has 56 heavy (non-hydrogen) atoms. The lowest BCUT2D eigenvalue weighted by atomic mass is 9.85. The summed E-state index contributed by atoms with van der Waals surface area (Å²) >= 11 is 0. The number of imidazole rings is 1. The van der Waals surface area contributed by atoms with Crippen LogP contribution in [0.1, 0.15) is 91.7 Å². The number of aromatic nitrogens is 2. The number of halogens is 1. The summed E-state index contributed by atoms with van der Waals surface area (Å²) in [6.45, 7) is 24.1. The quantitative estimate of drug-likeness (QED) is 0.197. The van der Waals surface area contributed by atoms with E-state index in [0.717, 1.165) is 5.56 Å². The second kappa shape index (κ2) is 17.0. The largest absolute Gasteiger partial charge is 0.444 e. The van der Waals surface area contributed by atoms with Crippen LogP contribution in [0.5, 0.6) is 0 Å². The van der Waals surface area contributed by atoms with Gasteiger partial charge in [-0.25, -0.2) is 14.2 Å². The molecule has 308 valence electrons. The third-order valence-corrected chi connectivity index (χ3v) is 15.4. The topological polar surface area (TPSA) is 126 Å². The number of hydrogen-bond acceptors (Lipinski definition) is 7. The Labute approximate surface area is 333 Å². The zero-order valence-electron chi connectivity index (χ0n) is 35.6. The highest BCUT2D eigenvalue weighted by Gasteiger charge is 2.47. The molecule has 3 aromatic rings. The molecule has 0 aliphatic carbocycles. The number of hydrogen-bond donors (Lipinski definition) is 1. The van der Waals surface area contributed by atoms with Gasteiger partial charge in [-0.1, -0.05) is 59.7 Å². The number of likely N-dealkylation sites (N-methyl/N-ethyl adjacent to an activating group) is 1. The lowest BCUT2D eigenvalue weighted by Crippen LogP contribution is -2.60. The Morgan fingerprint density at radius 3 is 2.21 bits per heavy atom. The first-order chi connectivity index (χ1) is 25.8. The fourth-order valence-corrected chi connectivity index (χ4v) is 7.74. The van der Waals surface area contributed by atoms with Gasteiger partial charge >= 0.3 is 6.09 Å². The van der Waals surface area contributed by atoms with Crippen molar-refractivity contribution in [3.05, 3.63) is 71.9 Å². The smallest absolute Gasteiger partial charge is 0.410 e. The standard InChI is InChI=1S/C42H63FN6O6Si/c1-28(46(11)39(53)54-41(5,6)7)36(50)45-35(40(2,3)4)38(52)49-26-32(55-56(12,13)42(8,9)10)24-31(49)25-48(23-21-29-17-19-30(43)20-18-29)37(51)33-27-47-22-15-14-16-34(47)44-33/h14-20,22,27-28,31-32,35H,21,23-26H2,1-13H3,(H,45,50)/t28-,31-,32+,35+/m0/s1. The van der Waals surface area contributed by atoms with E-state index < -0.39 is 49.5 Å². The Kier molecular flexibility index (Phi) is 13.5. The number of carbonyl (C=O) groups is 4. The molecule has 3 heterocycles. The van der Waals surface area contributed by atoms with E-state index in [1.165, 1.54) is 24.1 Å². The molecule has 12 nitrogen and oxygen atoms in total. The number of rotatable bonds is 12. The van der Waals surface area contributed by atoms with Crippen LogP contribution in [0.3, 0.4) is 0 Å². The zero-order valence-corrected chi connectivity index (χ0v) is 36.6. The molecule has 1 aliphatic rings. The first-order valence-corrected chi connectivity index (χ1v) is 22.4. The van der Waals surface area contributed by atoms with E-state index in [0.29, 0.717) is 25.0 Å². The maximum atomic E-state index is 14.9. The average molecular weight is 795 g/mol. The van der Waals surface area contributed by atoms with Crippen LogP contribution >= 0.6 is 0 Å². The van der Waals surface area contributed by atoms with Crippen molar-refractivity contribution < 1.29 is 32.7 Å². The van der Waals surface area contributed by atoms with Gasteiger partial charge in [0.05, 0.1) is 12.1 Å². The minimum Gasteiger partial charge on any atom is -0.444 e. The van der Waals surface area contributed by atoms with Crippen molar-refractivity contribution >= 4 is 37.8 Å². The van der Waals surface area contributed by atoms with Crippen molar-refractivity contribution in [3.8, 4) is 0 Å². The number of pyridine rings is 1. The van der Waals surface area contributed by atoms with Crippen LogP contribution in [-0.2, 0) is 25.2 Å². The van der Waals surface area contributed by atoms with Crippen LogP contribution < -0.4 is 5.32 Å². The number of nitrogens with one attached hydrogen (secondary N) is 1. The number of nitrogens with zero attached hydrogens (tertiary/aromatic N) is 5. The summed E-state index contributed by atoms with van der Waals surface area (Å²) in [6, 6.07) is 9.38. The molecular weight excluding hydrogens is 732 g/mol. The Morgan fingerprint density at radius 2 is 1.64 bits per heavy atom. The van der Waals surface area contributed by atoms with Crippen LogP contribution in [0, 0.1) is 11.2 Å². The highest BCUT2D eigenvalue weighted by atomic mass is 28.4. The highest BCUT2D eigenvalue weighted by molar-refractivity contribution is 6.74. The molecule has 1 aliphatic heterocycles. The molecule has 2 aromatic heterocycles. The van der Waals surface area contributed by atoms with Gasteiger partial charge in [-0.3, -0.25) is 19.3 Å². The first-order valence-electron chi connectivity index (χ1n) is 19.5. The van der Waals surface area contributed by atoms with E-state index in [1.54, 1.807) is 60.2 Å². The molecule has 0 radical (unpaired) electrons. The summed E-state index contributed by atoms with van der Waals surface area (Å²) in [5, 5.41) is 2.89. The van der Waals surface area contributed by atoms with Crippen LogP contribution in [-0.4, -0.2) is 113 Å². The fourth-order valence-electron chi connectivity index (χ4n) is 6.39. The van der Waals surface area contributed by atoms with Crippen molar-refractivity contribution in [1.82, 2.24) is 29.4 Å². The Hall–Kier alpha value is -4.30. The lowest BCUT2D eigenvalue weighted by molar-refractivity contribution is -0.141. The van der Waals surface area contributed by atoms with Crippen LogP contribution in [0.2, 0.25) is 18.1 Å². The summed E-state index contributed by atoms with van der Waals surface area (Å²) in [5.74, 6) is -1.44. The van der Waals surface area contributed by atoms with Gasteiger partial charge in [-0.15, -0.1) is 0 Å². The van der Waals surface area contributed by atoms with Crippen LogP contribution in [0.25, 0.3) is 5.65 Å². The second-order valence-corrected chi connectivity index (χ2v) is 23.4. The molecule has 1 N–H and O–H groups in total. The van der Waals surface area contributed by atoms with E-state index in [1.807, 2.05) is 45.2 Å². The Bertz CT molecular complexity index is 1830. The van der Waals surface area contributed by atoms with Gasteiger partial charge in [0.2, 0.25) is 11.8 Å². The molecule has 0 spiro atoms. The normalized spacial score (nSPS) is 17.7. The fraction of sp³-hybridized carbons (Fsp3) is 0.595. The number of ether oxygens (including phenoxy) is 1. The highest BCUT2D eigenvalue weighted by Crippen LogP contribution is 2.39. The predicted octanol–water partition coefficient (Wildman–Crippen LogP) is 6.94. The van der Waals surface area contributed by atoms with Crippen LogP contribution in [0.4, 0.5) is 9.18 Å². The third-order valence-electron chi connectivity index (χ3n) is 10.9. The van der Waals surface area contributed by atoms with Gasteiger partial charge < -0.3 is 28.7 Å². The first kappa shape index (κ1) is 44.4. The molecule has 4 amide bonds. The number of benzene rings is 1. The van der Waals surface area contributed by atoms with E-state index in [9.17, 15) is 23.6 Å². The van der Waals surface area contributed by atoms with E-state index in [2.05, 4.69) is 44.2 Å². The summed E-state index contributed by atoms with van der Waals surface area (Å²) in [6.07, 6.45) is 3.50. The van der Waals surface area contributed by atoms with E-state index >= 15 is 0 Å². The summed E-state index contributed by atoms with van der Waals surface area (Å²) < 4.78 is 28.0. The predicted molar refractivity (Wildman–Crippen MR) is 218 cm³/mol. The van der Waals surface area contributed by atoms with Crippen molar-refractivity contribution in [2.24, 2.45) is 5.41 Å². The molecule has 1 aromatic carbocycles. The third kappa shape index (κ3) is 11.2. The zero-order chi connectivity index (χ0) is 42.0. The number of likely N-dealkylation sites (tertiary alicyclic amines) is 1. The van der Waals surface area contributed by atoms with Crippen LogP contribution in [0.15, 0.2) is 54.9 Å². The molecule has 0 bridgehead atoms. The van der Waals surface area contributed by atoms with E-state index in [-0.39, 0.29) is 47.6 Å². The Morgan fingerprint density at radius 1 is 1.00 bits per heavy atom. The van der Waals surface area contributed by atoms with Crippen molar-refractivity contribution in [1.29, 1.82) is 0 Å². The minimum absolute atomic E-state index is 0.0849. The maximum Gasteiger partial charge on any atom is 0.410 e. The molecular formula is C42H63FN6O6Si.